The Hall–Kier alpha value is -3.26. The van der Waals surface area contributed by atoms with Crippen molar-refractivity contribution in [3.8, 4) is 5.75 Å². The highest BCUT2D eigenvalue weighted by Crippen LogP contribution is 2.18. The molecule has 0 aliphatic carbocycles. The summed E-state index contributed by atoms with van der Waals surface area (Å²) in [6, 6.07) is 10.4. The minimum absolute atomic E-state index is 0.258. The highest BCUT2D eigenvalue weighted by molar-refractivity contribution is 7.14. The molecule has 0 radical (unpaired) electrons. The molecule has 3 rings (SSSR count). The maximum atomic E-state index is 12.2. The third-order valence-electron chi connectivity index (χ3n) is 3.51. The average Bonchev–Trinajstić information content (AvgIpc) is 3.15. The molecule has 0 bridgehead atoms. The van der Waals surface area contributed by atoms with E-state index in [1.165, 1.54) is 11.3 Å². The van der Waals surface area contributed by atoms with E-state index in [4.69, 9.17) is 4.74 Å². The van der Waals surface area contributed by atoms with Crippen LogP contribution >= 0.6 is 11.3 Å². The zero-order chi connectivity index (χ0) is 18.4. The van der Waals surface area contributed by atoms with Gasteiger partial charge in [-0.3, -0.25) is 19.9 Å². The van der Waals surface area contributed by atoms with Gasteiger partial charge >= 0.3 is 0 Å². The number of thiazole rings is 1. The van der Waals surface area contributed by atoms with Crippen molar-refractivity contribution in [3.63, 3.8) is 0 Å². The van der Waals surface area contributed by atoms with E-state index in [-0.39, 0.29) is 17.5 Å². The topological polar surface area (TPSA) is 93.2 Å². The number of carbonyl (C=O) groups excluding carboxylic acids is 2. The third-order valence-corrected chi connectivity index (χ3v) is 4.27. The van der Waals surface area contributed by atoms with Gasteiger partial charge in [0, 0.05) is 29.9 Å². The van der Waals surface area contributed by atoms with Gasteiger partial charge in [0.15, 0.2) is 5.13 Å². The zero-order valence-electron chi connectivity index (χ0n) is 13.9. The number of ether oxygens (including phenoxy) is 1. The van der Waals surface area contributed by atoms with Crippen LogP contribution in [0.3, 0.4) is 0 Å². The molecule has 3 aromatic rings. The van der Waals surface area contributed by atoms with Gasteiger partial charge in [0.1, 0.15) is 11.4 Å². The van der Waals surface area contributed by atoms with Crippen molar-refractivity contribution in [2.45, 2.75) is 6.54 Å². The molecule has 0 atom stereocenters. The lowest BCUT2D eigenvalue weighted by molar-refractivity contribution is 0.0945. The fraction of sp³-hybridized carbons (Fsp3) is 0.111. The zero-order valence-corrected chi connectivity index (χ0v) is 14.7. The lowest BCUT2D eigenvalue weighted by Crippen LogP contribution is -2.23. The second kappa shape index (κ2) is 8.21. The maximum absolute atomic E-state index is 12.2. The van der Waals surface area contributed by atoms with Crippen LogP contribution in [0, 0.1) is 0 Å². The van der Waals surface area contributed by atoms with Crippen LogP contribution in [0.2, 0.25) is 0 Å². The first-order valence-corrected chi connectivity index (χ1v) is 8.61. The average molecular weight is 368 g/mol. The predicted molar refractivity (Wildman–Crippen MR) is 98.5 cm³/mol. The van der Waals surface area contributed by atoms with E-state index < -0.39 is 0 Å². The first-order chi connectivity index (χ1) is 12.7. The molecule has 2 amide bonds. The largest absolute Gasteiger partial charge is 0.497 e. The van der Waals surface area contributed by atoms with E-state index in [1.807, 2.05) is 12.1 Å². The molecule has 0 spiro atoms. The summed E-state index contributed by atoms with van der Waals surface area (Å²) in [4.78, 5) is 32.4. The molecule has 0 fully saturated rings. The molecule has 132 valence electrons. The summed E-state index contributed by atoms with van der Waals surface area (Å²) in [5.74, 6) is 0.0673. The lowest BCUT2D eigenvalue weighted by atomic mass is 10.2. The standard InChI is InChI=1S/C18H16N4O3S/c1-25-14-4-2-13(3-5-14)16(23)22-18-21-15(11-26-18)17(24)20-10-12-6-8-19-9-7-12/h2-9,11H,10H2,1H3,(H,20,24)(H,21,22,23). The fourth-order valence-corrected chi connectivity index (χ4v) is 2.81. The summed E-state index contributed by atoms with van der Waals surface area (Å²) in [6.07, 6.45) is 3.33. The maximum Gasteiger partial charge on any atom is 0.271 e. The number of amides is 2. The molecule has 2 heterocycles. The van der Waals surface area contributed by atoms with E-state index in [2.05, 4.69) is 20.6 Å². The molecule has 0 aliphatic rings. The Kier molecular flexibility index (Phi) is 5.55. The molecular formula is C18H16N4O3S. The molecule has 0 unspecified atom stereocenters. The van der Waals surface area contributed by atoms with Crippen molar-refractivity contribution in [2.24, 2.45) is 0 Å². The number of pyridine rings is 1. The SMILES string of the molecule is COc1ccc(C(=O)Nc2nc(C(=O)NCc3ccncc3)cs2)cc1. The normalized spacial score (nSPS) is 10.2. The van der Waals surface area contributed by atoms with Gasteiger partial charge < -0.3 is 10.1 Å². The van der Waals surface area contributed by atoms with E-state index in [0.717, 1.165) is 5.56 Å². The van der Waals surface area contributed by atoms with Crippen molar-refractivity contribution >= 4 is 28.3 Å². The third kappa shape index (κ3) is 4.42. The summed E-state index contributed by atoms with van der Waals surface area (Å²) >= 11 is 1.19. The van der Waals surface area contributed by atoms with Crippen molar-refractivity contribution < 1.29 is 14.3 Å². The Morgan fingerprint density at radius 2 is 1.81 bits per heavy atom. The minimum atomic E-state index is -0.303. The number of aromatic nitrogens is 2. The molecule has 1 aromatic carbocycles. The number of carbonyl (C=O) groups is 2. The molecule has 2 N–H and O–H groups in total. The molecule has 2 aromatic heterocycles. The van der Waals surface area contributed by atoms with Crippen molar-refractivity contribution in [1.29, 1.82) is 0 Å². The number of anilines is 1. The Balaban J connectivity index is 1.58. The summed E-state index contributed by atoms with van der Waals surface area (Å²) in [7, 11) is 1.56. The van der Waals surface area contributed by atoms with Gasteiger partial charge in [0.25, 0.3) is 11.8 Å². The number of benzene rings is 1. The van der Waals surface area contributed by atoms with Crippen LogP contribution < -0.4 is 15.4 Å². The van der Waals surface area contributed by atoms with Gasteiger partial charge in [-0.05, 0) is 42.0 Å². The van der Waals surface area contributed by atoms with Crippen LogP contribution in [-0.2, 0) is 6.54 Å². The van der Waals surface area contributed by atoms with E-state index in [0.29, 0.717) is 23.0 Å². The van der Waals surface area contributed by atoms with Gasteiger partial charge in [-0.2, -0.15) is 0 Å². The first kappa shape index (κ1) is 17.6. The van der Waals surface area contributed by atoms with E-state index >= 15 is 0 Å². The number of rotatable bonds is 6. The number of hydrogen-bond donors (Lipinski definition) is 2. The van der Waals surface area contributed by atoms with Crippen molar-refractivity contribution in [2.75, 3.05) is 12.4 Å². The number of nitrogens with one attached hydrogen (secondary N) is 2. The predicted octanol–water partition coefficient (Wildman–Crippen LogP) is 2.73. The molecule has 8 heteroatoms. The highest BCUT2D eigenvalue weighted by atomic mass is 32.1. The molecule has 26 heavy (non-hydrogen) atoms. The Bertz CT molecular complexity index is 894. The van der Waals surface area contributed by atoms with Crippen molar-refractivity contribution in [1.82, 2.24) is 15.3 Å². The van der Waals surface area contributed by atoms with Gasteiger partial charge in [0.05, 0.1) is 7.11 Å². The highest BCUT2D eigenvalue weighted by Gasteiger charge is 2.13. The lowest BCUT2D eigenvalue weighted by Gasteiger charge is -2.04. The minimum Gasteiger partial charge on any atom is -0.497 e. The summed E-state index contributed by atoms with van der Waals surface area (Å²) in [6.45, 7) is 0.381. The Morgan fingerprint density at radius 3 is 2.50 bits per heavy atom. The van der Waals surface area contributed by atoms with Gasteiger partial charge in [-0.1, -0.05) is 0 Å². The molecule has 0 saturated heterocycles. The molecule has 7 nitrogen and oxygen atoms in total. The van der Waals surface area contributed by atoms with E-state index in [9.17, 15) is 9.59 Å². The Morgan fingerprint density at radius 1 is 1.08 bits per heavy atom. The van der Waals surface area contributed by atoms with Gasteiger partial charge in [0.2, 0.25) is 0 Å². The number of methoxy groups -OCH3 is 1. The van der Waals surface area contributed by atoms with Gasteiger partial charge in [-0.25, -0.2) is 4.98 Å². The fourth-order valence-electron chi connectivity index (χ4n) is 2.12. The van der Waals surface area contributed by atoms with Crippen molar-refractivity contribution in [3.05, 3.63) is 71.0 Å². The monoisotopic (exact) mass is 368 g/mol. The van der Waals surface area contributed by atoms with Crippen LogP contribution in [0.1, 0.15) is 26.4 Å². The van der Waals surface area contributed by atoms with Crippen LogP contribution in [0.15, 0.2) is 54.2 Å². The Labute approximate surface area is 154 Å². The van der Waals surface area contributed by atoms with E-state index in [1.54, 1.807) is 49.1 Å². The molecule has 0 aliphatic heterocycles. The summed E-state index contributed by atoms with van der Waals surface area (Å²) in [5, 5.41) is 7.42. The quantitative estimate of drug-likeness (QED) is 0.698. The second-order valence-corrected chi connectivity index (χ2v) is 6.12. The van der Waals surface area contributed by atoms with Crippen LogP contribution in [-0.4, -0.2) is 28.9 Å². The van der Waals surface area contributed by atoms with Crippen LogP contribution in [0.4, 0.5) is 5.13 Å². The smallest absolute Gasteiger partial charge is 0.271 e. The number of nitrogens with zero attached hydrogens (tertiary/aromatic N) is 2. The van der Waals surface area contributed by atoms with Gasteiger partial charge in [-0.15, -0.1) is 11.3 Å². The summed E-state index contributed by atoms with van der Waals surface area (Å²) < 4.78 is 5.06. The molecule has 0 saturated carbocycles. The first-order valence-electron chi connectivity index (χ1n) is 7.74. The van der Waals surface area contributed by atoms with Crippen LogP contribution in [0.5, 0.6) is 5.75 Å². The van der Waals surface area contributed by atoms with Crippen LogP contribution in [0.25, 0.3) is 0 Å². The summed E-state index contributed by atoms with van der Waals surface area (Å²) in [5.41, 5.74) is 1.68. The molecular weight excluding hydrogens is 352 g/mol. The number of hydrogen-bond acceptors (Lipinski definition) is 6. The second-order valence-electron chi connectivity index (χ2n) is 5.26.